The van der Waals surface area contributed by atoms with Gasteiger partial charge in [-0.25, -0.2) is 0 Å². The van der Waals surface area contributed by atoms with Crippen LogP contribution in [-0.4, -0.2) is 17.4 Å². The first-order valence-electron chi connectivity index (χ1n) is 5.27. The van der Waals surface area contributed by atoms with E-state index in [1.165, 1.54) is 42.7 Å². The number of carbonyl (C=O) groups is 1. The van der Waals surface area contributed by atoms with Crippen molar-refractivity contribution in [1.82, 2.24) is 4.98 Å². The van der Waals surface area contributed by atoms with E-state index in [1.807, 2.05) is 0 Å². The molecule has 0 radical (unpaired) electrons. The second-order valence-electron chi connectivity index (χ2n) is 3.56. The molecule has 1 aromatic heterocycles. The van der Waals surface area contributed by atoms with Gasteiger partial charge in [-0.15, -0.1) is 0 Å². The lowest BCUT2D eigenvalue weighted by Gasteiger charge is -2.11. The van der Waals surface area contributed by atoms with Gasteiger partial charge in [-0.2, -0.15) is 8.78 Å². The molecule has 2 aromatic rings. The molecular weight excluding hydrogens is 276 g/mol. The van der Waals surface area contributed by atoms with E-state index in [9.17, 15) is 13.6 Å². The average Bonchev–Trinajstić information content (AvgIpc) is 2.41. The number of halogens is 3. The van der Waals surface area contributed by atoms with Crippen LogP contribution in [-0.2, 0) is 0 Å². The van der Waals surface area contributed by atoms with Gasteiger partial charge in [0.05, 0.1) is 10.6 Å². The van der Waals surface area contributed by atoms with Gasteiger partial charge in [0.25, 0.3) is 0 Å². The fourth-order valence-electron chi connectivity index (χ4n) is 1.56. The van der Waals surface area contributed by atoms with Gasteiger partial charge >= 0.3 is 6.61 Å². The highest BCUT2D eigenvalue weighted by atomic mass is 35.5. The van der Waals surface area contributed by atoms with Crippen LogP contribution in [0.4, 0.5) is 8.78 Å². The number of hydrogen-bond acceptors (Lipinski definition) is 3. The van der Waals surface area contributed by atoms with Gasteiger partial charge < -0.3 is 4.74 Å². The van der Waals surface area contributed by atoms with Crippen LogP contribution in [0, 0.1) is 0 Å². The van der Waals surface area contributed by atoms with Crippen LogP contribution < -0.4 is 4.74 Å². The van der Waals surface area contributed by atoms with E-state index in [4.69, 9.17) is 11.6 Å². The highest BCUT2D eigenvalue weighted by Crippen LogP contribution is 2.31. The van der Waals surface area contributed by atoms with Crippen molar-refractivity contribution in [3.63, 3.8) is 0 Å². The minimum absolute atomic E-state index is 0.0148. The Bertz CT molecular complexity index is 590. The first-order valence-corrected chi connectivity index (χ1v) is 5.65. The number of rotatable bonds is 4. The lowest BCUT2D eigenvalue weighted by atomic mass is 10.0. The minimum atomic E-state index is -3.05. The van der Waals surface area contributed by atoms with Crippen molar-refractivity contribution in [3.05, 3.63) is 58.9 Å². The van der Waals surface area contributed by atoms with Crippen molar-refractivity contribution in [3.8, 4) is 5.75 Å². The molecular formula is C13H8ClF2NO2. The number of alkyl halides is 2. The second kappa shape index (κ2) is 5.75. The molecule has 6 heteroatoms. The Balaban J connectivity index is 2.45. The maximum absolute atomic E-state index is 12.3. The minimum Gasteiger partial charge on any atom is -0.432 e. The number of ketones is 1. The maximum Gasteiger partial charge on any atom is 0.387 e. The Labute approximate surface area is 112 Å². The smallest absolute Gasteiger partial charge is 0.387 e. The van der Waals surface area contributed by atoms with Crippen LogP contribution in [0.1, 0.15) is 15.9 Å². The van der Waals surface area contributed by atoms with Crippen molar-refractivity contribution < 1.29 is 18.3 Å². The van der Waals surface area contributed by atoms with Crippen LogP contribution in [0.3, 0.4) is 0 Å². The number of para-hydroxylation sites is 1. The molecule has 19 heavy (non-hydrogen) atoms. The third-order valence-corrected chi connectivity index (χ3v) is 2.66. The topological polar surface area (TPSA) is 39.2 Å². The molecule has 0 unspecified atom stereocenters. The number of carbonyl (C=O) groups excluding carboxylic acids is 1. The molecule has 0 bridgehead atoms. The van der Waals surface area contributed by atoms with E-state index in [0.717, 1.165) is 0 Å². The zero-order valence-corrected chi connectivity index (χ0v) is 10.3. The Morgan fingerprint density at radius 1 is 1.21 bits per heavy atom. The van der Waals surface area contributed by atoms with Crippen molar-refractivity contribution >= 4 is 17.4 Å². The Kier molecular flexibility index (Phi) is 4.06. The highest BCUT2D eigenvalue weighted by molar-refractivity contribution is 6.33. The van der Waals surface area contributed by atoms with Gasteiger partial charge in [-0.05, 0) is 24.3 Å². The fraction of sp³-hybridized carbons (Fsp3) is 0.0769. The molecule has 0 fully saturated rings. The van der Waals surface area contributed by atoms with Gasteiger partial charge in [0.2, 0.25) is 0 Å². The molecule has 0 aliphatic heterocycles. The third-order valence-electron chi connectivity index (χ3n) is 2.36. The van der Waals surface area contributed by atoms with E-state index in [2.05, 4.69) is 9.72 Å². The molecule has 0 saturated heterocycles. The van der Waals surface area contributed by atoms with E-state index < -0.39 is 12.4 Å². The van der Waals surface area contributed by atoms with Crippen LogP contribution >= 0.6 is 11.6 Å². The number of hydrogen-bond donors (Lipinski definition) is 0. The predicted molar refractivity (Wildman–Crippen MR) is 65.8 cm³/mol. The molecule has 3 nitrogen and oxygen atoms in total. The van der Waals surface area contributed by atoms with Crippen molar-refractivity contribution in [1.29, 1.82) is 0 Å². The van der Waals surface area contributed by atoms with Crippen LogP contribution in [0.2, 0.25) is 5.02 Å². The van der Waals surface area contributed by atoms with Crippen LogP contribution in [0.5, 0.6) is 5.75 Å². The second-order valence-corrected chi connectivity index (χ2v) is 3.97. The SMILES string of the molecule is O=C(c1ccncc1)c1cccc(Cl)c1OC(F)F. The fourth-order valence-corrected chi connectivity index (χ4v) is 1.77. The van der Waals surface area contributed by atoms with Gasteiger partial charge in [0, 0.05) is 18.0 Å². The molecule has 1 heterocycles. The first-order chi connectivity index (χ1) is 9.09. The number of nitrogens with zero attached hydrogens (tertiary/aromatic N) is 1. The number of aromatic nitrogens is 1. The quantitative estimate of drug-likeness (QED) is 0.805. The van der Waals surface area contributed by atoms with Crippen molar-refractivity contribution in [2.75, 3.05) is 0 Å². The Morgan fingerprint density at radius 3 is 2.53 bits per heavy atom. The van der Waals surface area contributed by atoms with Crippen molar-refractivity contribution in [2.45, 2.75) is 6.61 Å². The molecule has 0 aliphatic carbocycles. The predicted octanol–water partition coefficient (Wildman–Crippen LogP) is 3.57. The van der Waals surface area contributed by atoms with Gasteiger partial charge in [0.1, 0.15) is 0 Å². The zero-order valence-electron chi connectivity index (χ0n) is 9.52. The third kappa shape index (κ3) is 3.06. The Morgan fingerprint density at radius 2 is 1.89 bits per heavy atom. The zero-order chi connectivity index (χ0) is 13.8. The standard InChI is InChI=1S/C13H8ClF2NO2/c14-10-3-1-2-9(12(10)19-13(15)16)11(18)8-4-6-17-7-5-8/h1-7,13H. The first kappa shape index (κ1) is 13.4. The summed E-state index contributed by atoms with van der Waals surface area (Å²) in [4.78, 5) is 16.0. The summed E-state index contributed by atoms with van der Waals surface area (Å²) in [5, 5.41) is -0.0415. The maximum atomic E-state index is 12.3. The van der Waals surface area contributed by atoms with E-state index in [0.29, 0.717) is 5.56 Å². The summed E-state index contributed by atoms with van der Waals surface area (Å²) in [6, 6.07) is 7.22. The van der Waals surface area contributed by atoms with E-state index >= 15 is 0 Å². The van der Waals surface area contributed by atoms with Crippen LogP contribution in [0.15, 0.2) is 42.7 Å². The lowest BCUT2D eigenvalue weighted by Crippen LogP contribution is -2.09. The molecule has 0 N–H and O–H groups in total. The molecule has 98 valence electrons. The number of benzene rings is 1. The van der Waals surface area contributed by atoms with E-state index in [-0.39, 0.29) is 16.3 Å². The molecule has 2 rings (SSSR count). The normalized spacial score (nSPS) is 10.5. The molecule has 1 aromatic carbocycles. The number of ether oxygens (including phenoxy) is 1. The average molecular weight is 284 g/mol. The molecule has 0 saturated carbocycles. The highest BCUT2D eigenvalue weighted by Gasteiger charge is 2.19. The molecule has 0 atom stereocenters. The van der Waals surface area contributed by atoms with Gasteiger partial charge in [0.15, 0.2) is 11.5 Å². The molecule has 0 amide bonds. The van der Waals surface area contributed by atoms with Gasteiger partial charge in [-0.1, -0.05) is 17.7 Å². The number of pyridine rings is 1. The summed E-state index contributed by atoms with van der Waals surface area (Å²) in [5.74, 6) is -0.776. The van der Waals surface area contributed by atoms with Crippen LogP contribution in [0.25, 0.3) is 0 Å². The lowest BCUT2D eigenvalue weighted by molar-refractivity contribution is -0.0500. The molecule has 0 aliphatic rings. The van der Waals surface area contributed by atoms with Crippen molar-refractivity contribution in [2.24, 2.45) is 0 Å². The molecule has 0 spiro atoms. The Hall–Kier alpha value is -2.01. The largest absolute Gasteiger partial charge is 0.432 e. The summed E-state index contributed by atoms with van der Waals surface area (Å²) in [6.45, 7) is -3.05. The summed E-state index contributed by atoms with van der Waals surface area (Å²) in [6.07, 6.45) is 2.87. The van der Waals surface area contributed by atoms with E-state index in [1.54, 1.807) is 0 Å². The monoisotopic (exact) mass is 283 g/mol. The summed E-state index contributed by atoms with van der Waals surface area (Å²) in [7, 11) is 0. The summed E-state index contributed by atoms with van der Waals surface area (Å²) >= 11 is 5.78. The van der Waals surface area contributed by atoms with Gasteiger partial charge in [-0.3, -0.25) is 9.78 Å². The summed E-state index contributed by atoms with van der Waals surface area (Å²) < 4.78 is 29.0. The summed E-state index contributed by atoms with van der Waals surface area (Å²) in [5.41, 5.74) is 0.301.